The van der Waals surface area contributed by atoms with E-state index in [1.54, 1.807) is 27.0 Å². The first-order chi connectivity index (χ1) is 8.89. The number of rotatable bonds is 6. The standard InChI is InChI=1S/C14H19NO4/c1-14(2,13(18)15-9-8-12(16)17)10-6-4-5-7-11(10)19-3/h4-7H,8-9H2,1-3H3,(H,15,18)(H,16,17). The number of benzene rings is 1. The van der Waals surface area contributed by atoms with E-state index in [9.17, 15) is 9.59 Å². The maximum Gasteiger partial charge on any atom is 0.305 e. The van der Waals surface area contributed by atoms with E-state index >= 15 is 0 Å². The van der Waals surface area contributed by atoms with Crippen molar-refractivity contribution in [3.05, 3.63) is 29.8 Å². The summed E-state index contributed by atoms with van der Waals surface area (Å²) in [5.41, 5.74) is -0.0178. The molecule has 5 nitrogen and oxygen atoms in total. The maximum atomic E-state index is 12.2. The lowest BCUT2D eigenvalue weighted by molar-refractivity contribution is -0.137. The summed E-state index contributed by atoms with van der Waals surface area (Å²) in [6.45, 7) is 3.68. The highest BCUT2D eigenvalue weighted by Crippen LogP contribution is 2.31. The molecular weight excluding hydrogens is 246 g/mol. The third-order valence-electron chi connectivity index (χ3n) is 2.97. The van der Waals surface area contributed by atoms with Crippen LogP contribution in [0, 0.1) is 0 Å². The number of methoxy groups -OCH3 is 1. The minimum absolute atomic E-state index is 0.0895. The van der Waals surface area contributed by atoms with Crippen molar-refractivity contribution >= 4 is 11.9 Å². The molecule has 0 aliphatic heterocycles. The molecule has 0 aliphatic rings. The SMILES string of the molecule is COc1ccccc1C(C)(C)C(=O)NCCC(=O)O. The summed E-state index contributed by atoms with van der Waals surface area (Å²) in [6.07, 6.45) is -0.0895. The Morgan fingerprint density at radius 2 is 1.95 bits per heavy atom. The number of carboxylic acid groups (broad SMARTS) is 1. The van der Waals surface area contributed by atoms with Crippen LogP contribution in [0.1, 0.15) is 25.8 Å². The zero-order valence-electron chi connectivity index (χ0n) is 11.4. The Morgan fingerprint density at radius 3 is 2.53 bits per heavy atom. The fourth-order valence-electron chi connectivity index (χ4n) is 1.79. The number of hydrogen-bond donors (Lipinski definition) is 2. The Labute approximate surface area is 112 Å². The number of ether oxygens (including phenoxy) is 1. The predicted octanol–water partition coefficient (Wildman–Crippen LogP) is 1.56. The van der Waals surface area contributed by atoms with Crippen molar-refractivity contribution in [3.63, 3.8) is 0 Å². The van der Waals surface area contributed by atoms with Crippen LogP contribution in [0.4, 0.5) is 0 Å². The predicted molar refractivity (Wildman–Crippen MR) is 71.3 cm³/mol. The van der Waals surface area contributed by atoms with Crippen LogP contribution in [0.25, 0.3) is 0 Å². The summed E-state index contributed by atoms with van der Waals surface area (Å²) in [5, 5.41) is 11.2. The lowest BCUT2D eigenvalue weighted by Gasteiger charge is -2.25. The smallest absolute Gasteiger partial charge is 0.305 e. The van der Waals surface area contributed by atoms with E-state index in [2.05, 4.69) is 5.32 Å². The van der Waals surface area contributed by atoms with E-state index in [0.29, 0.717) is 5.75 Å². The van der Waals surface area contributed by atoms with Crippen LogP contribution in [0.5, 0.6) is 5.75 Å². The van der Waals surface area contributed by atoms with E-state index in [1.807, 2.05) is 18.2 Å². The zero-order valence-corrected chi connectivity index (χ0v) is 11.4. The number of hydrogen-bond acceptors (Lipinski definition) is 3. The van der Waals surface area contributed by atoms with Gasteiger partial charge in [-0.15, -0.1) is 0 Å². The molecule has 0 radical (unpaired) electrons. The highest BCUT2D eigenvalue weighted by atomic mass is 16.5. The fraction of sp³-hybridized carbons (Fsp3) is 0.429. The summed E-state index contributed by atoms with van der Waals surface area (Å²) in [4.78, 5) is 22.6. The number of carbonyl (C=O) groups excluding carboxylic acids is 1. The number of nitrogens with one attached hydrogen (secondary N) is 1. The third-order valence-corrected chi connectivity index (χ3v) is 2.97. The van der Waals surface area contributed by atoms with Gasteiger partial charge in [0, 0.05) is 12.1 Å². The molecule has 1 aromatic rings. The molecule has 0 heterocycles. The van der Waals surface area contributed by atoms with Gasteiger partial charge >= 0.3 is 5.97 Å². The molecule has 0 saturated carbocycles. The molecule has 0 unspecified atom stereocenters. The van der Waals surface area contributed by atoms with Crippen LogP contribution < -0.4 is 10.1 Å². The van der Waals surface area contributed by atoms with Crippen molar-refractivity contribution in [2.75, 3.05) is 13.7 Å². The van der Waals surface area contributed by atoms with Crippen LogP contribution >= 0.6 is 0 Å². The molecule has 0 saturated heterocycles. The summed E-state index contributed by atoms with van der Waals surface area (Å²) in [7, 11) is 1.55. The molecule has 2 N–H and O–H groups in total. The number of para-hydroxylation sites is 1. The van der Waals surface area contributed by atoms with Gasteiger partial charge in [0.15, 0.2) is 0 Å². The minimum atomic E-state index is -0.935. The van der Waals surface area contributed by atoms with Crippen molar-refractivity contribution in [1.29, 1.82) is 0 Å². The molecule has 104 valence electrons. The summed E-state index contributed by atoms with van der Waals surface area (Å²) in [6, 6.07) is 7.29. The molecule has 0 fully saturated rings. The zero-order chi connectivity index (χ0) is 14.5. The second-order valence-corrected chi connectivity index (χ2v) is 4.72. The van der Waals surface area contributed by atoms with Gasteiger partial charge in [-0.3, -0.25) is 9.59 Å². The van der Waals surface area contributed by atoms with Gasteiger partial charge in [-0.1, -0.05) is 18.2 Å². The highest BCUT2D eigenvalue weighted by molar-refractivity contribution is 5.88. The van der Waals surface area contributed by atoms with Crippen LogP contribution in [-0.2, 0) is 15.0 Å². The van der Waals surface area contributed by atoms with Gasteiger partial charge in [0.1, 0.15) is 5.75 Å². The van der Waals surface area contributed by atoms with Gasteiger partial charge in [0.2, 0.25) is 5.91 Å². The number of amides is 1. The van der Waals surface area contributed by atoms with Gasteiger partial charge in [-0.2, -0.15) is 0 Å². The Hall–Kier alpha value is -2.04. The van der Waals surface area contributed by atoms with Crippen molar-refractivity contribution in [2.24, 2.45) is 0 Å². The number of aliphatic carboxylic acids is 1. The monoisotopic (exact) mass is 265 g/mol. The lowest BCUT2D eigenvalue weighted by Crippen LogP contribution is -2.41. The lowest BCUT2D eigenvalue weighted by atomic mass is 9.83. The topological polar surface area (TPSA) is 75.6 Å². The van der Waals surface area contributed by atoms with Crippen molar-refractivity contribution in [2.45, 2.75) is 25.7 Å². The van der Waals surface area contributed by atoms with Crippen molar-refractivity contribution in [3.8, 4) is 5.75 Å². The van der Waals surface area contributed by atoms with Crippen LogP contribution in [-0.4, -0.2) is 30.6 Å². The first-order valence-electron chi connectivity index (χ1n) is 6.03. The Kier molecular flexibility index (Phi) is 4.92. The molecule has 1 rings (SSSR count). The normalized spacial score (nSPS) is 10.9. The van der Waals surface area contributed by atoms with E-state index in [-0.39, 0.29) is 18.9 Å². The summed E-state index contributed by atoms with van der Waals surface area (Å²) < 4.78 is 5.25. The van der Waals surface area contributed by atoms with Gasteiger partial charge in [0.05, 0.1) is 18.9 Å². The fourth-order valence-corrected chi connectivity index (χ4v) is 1.79. The van der Waals surface area contributed by atoms with Crippen LogP contribution in [0.3, 0.4) is 0 Å². The first kappa shape index (κ1) is 15.0. The molecule has 0 aliphatic carbocycles. The highest BCUT2D eigenvalue weighted by Gasteiger charge is 2.32. The molecule has 0 spiro atoms. The van der Waals surface area contributed by atoms with Gasteiger partial charge in [-0.05, 0) is 19.9 Å². The largest absolute Gasteiger partial charge is 0.496 e. The van der Waals surface area contributed by atoms with E-state index < -0.39 is 11.4 Å². The van der Waals surface area contributed by atoms with Crippen LogP contribution in [0.2, 0.25) is 0 Å². The Balaban J connectivity index is 2.84. The molecule has 19 heavy (non-hydrogen) atoms. The number of carboxylic acids is 1. The molecular formula is C14H19NO4. The molecule has 5 heteroatoms. The molecule has 0 atom stereocenters. The van der Waals surface area contributed by atoms with E-state index in [4.69, 9.17) is 9.84 Å². The van der Waals surface area contributed by atoms with E-state index in [0.717, 1.165) is 5.56 Å². The van der Waals surface area contributed by atoms with Crippen molar-refractivity contribution in [1.82, 2.24) is 5.32 Å². The van der Waals surface area contributed by atoms with Gasteiger partial charge in [-0.25, -0.2) is 0 Å². The number of carbonyl (C=O) groups is 2. The second kappa shape index (κ2) is 6.22. The van der Waals surface area contributed by atoms with Crippen LogP contribution in [0.15, 0.2) is 24.3 Å². The van der Waals surface area contributed by atoms with Gasteiger partial charge < -0.3 is 15.2 Å². The first-order valence-corrected chi connectivity index (χ1v) is 6.03. The third kappa shape index (κ3) is 3.71. The molecule has 0 aromatic heterocycles. The second-order valence-electron chi connectivity index (χ2n) is 4.72. The summed E-state index contributed by atoms with van der Waals surface area (Å²) in [5.74, 6) is -0.519. The molecule has 1 amide bonds. The molecule has 1 aromatic carbocycles. The summed E-state index contributed by atoms with van der Waals surface area (Å²) >= 11 is 0. The van der Waals surface area contributed by atoms with Crippen molar-refractivity contribution < 1.29 is 19.4 Å². The average Bonchev–Trinajstić information content (AvgIpc) is 2.38. The average molecular weight is 265 g/mol. The van der Waals surface area contributed by atoms with E-state index in [1.165, 1.54) is 0 Å². The Morgan fingerprint density at radius 1 is 1.32 bits per heavy atom. The Bertz CT molecular complexity index is 468. The minimum Gasteiger partial charge on any atom is -0.496 e. The maximum absolute atomic E-state index is 12.2. The quantitative estimate of drug-likeness (QED) is 0.818. The van der Waals surface area contributed by atoms with Gasteiger partial charge in [0.25, 0.3) is 0 Å². The molecule has 0 bridgehead atoms.